The lowest BCUT2D eigenvalue weighted by molar-refractivity contribution is 0.473. The van der Waals surface area contributed by atoms with E-state index >= 15 is 0 Å². The van der Waals surface area contributed by atoms with Crippen LogP contribution in [0.4, 0.5) is 0 Å². The van der Waals surface area contributed by atoms with Crippen molar-refractivity contribution in [2.45, 2.75) is 20.3 Å². The minimum atomic E-state index is 0.114. The molecule has 15 heavy (non-hydrogen) atoms. The summed E-state index contributed by atoms with van der Waals surface area (Å²) >= 11 is 0. The normalized spacial score (nSPS) is 11.9. The third kappa shape index (κ3) is 2.59. The minimum absolute atomic E-state index is 0.114. The van der Waals surface area contributed by atoms with Crippen LogP contribution >= 0.6 is 0 Å². The van der Waals surface area contributed by atoms with E-state index in [4.69, 9.17) is 0 Å². The van der Waals surface area contributed by atoms with Crippen molar-refractivity contribution in [3.05, 3.63) is 55.0 Å². The molecule has 0 heterocycles. The molecule has 2 rings (SSSR count). The Balaban J connectivity index is 2.39. The van der Waals surface area contributed by atoms with Gasteiger partial charge in [-0.15, -0.1) is 0 Å². The van der Waals surface area contributed by atoms with Gasteiger partial charge in [-0.05, 0) is 35.1 Å². The van der Waals surface area contributed by atoms with Crippen molar-refractivity contribution in [3.8, 4) is 0 Å². The Hall–Kier alpha value is -1.30. The Bertz CT molecular complexity index is 461. The second-order valence-corrected chi connectivity index (χ2v) is 5.02. The number of hydrogen-bond donors (Lipinski definition) is 0. The maximum Gasteiger partial charge on any atom is -0.0181 e. The van der Waals surface area contributed by atoms with E-state index in [1.807, 2.05) is 0 Å². The van der Waals surface area contributed by atoms with Crippen molar-refractivity contribution >= 4 is 10.8 Å². The molecule has 0 bridgehead atoms. The molecule has 0 fully saturated rings. The molecule has 2 aromatic carbocycles. The fourth-order valence-corrected chi connectivity index (χ4v) is 1.90. The summed E-state index contributed by atoms with van der Waals surface area (Å²) < 4.78 is 0. The summed E-state index contributed by atoms with van der Waals surface area (Å²) in [5.41, 5.74) is 1.48. The first kappa shape index (κ1) is 10.2. The van der Waals surface area contributed by atoms with Crippen LogP contribution < -0.4 is 0 Å². The minimum Gasteiger partial charge on any atom is -0.0616 e. The first-order chi connectivity index (χ1) is 7.04. The average Bonchev–Trinajstić information content (AvgIpc) is 2.15. The Labute approximate surface area is 91.9 Å². The summed E-state index contributed by atoms with van der Waals surface area (Å²) in [6.07, 6.45) is 1.03. The standard InChI is InChI=1S/C15H17/c1-15(2,3)11-12-8-9-13-6-4-5-7-14(13)10-12/h4-10H,1,11H2,2-3H3. The van der Waals surface area contributed by atoms with E-state index in [1.54, 1.807) is 0 Å². The van der Waals surface area contributed by atoms with Crippen LogP contribution in [0.25, 0.3) is 10.8 Å². The van der Waals surface area contributed by atoms with Crippen LogP contribution in [-0.4, -0.2) is 0 Å². The molecule has 0 saturated heterocycles. The topological polar surface area (TPSA) is 0 Å². The van der Waals surface area contributed by atoms with Gasteiger partial charge >= 0.3 is 0 Å². The van der Waals surface area contributed by atoms with Gasteiger partial charge in [0.2, 0.25) is 0 Å². The lowest BCUT2D eigenvalue weighted by Crippen LogP contribution is -2.09. The van der Waals surface area contributed by atoms with Gasteiger partial charge < -0.3 is 0 Å². The van der Waals surface area contributed by atoms with Crippen molar-refractivity contribution in [1.82, 2.24) is 0 Å². The fourth-order valence-electron chi connectivity index (χ4n) is 1.90. The summed E-state index contributed by atoms with van der Waals surface area (Å²) in [6, 6.07) is 15.1. The van der Waals surface area contributed by atoms with Crippen LogP contribution in [0.2, 0.25) is 0 Å². The smallest absolute Gasteiger partial charge is 0.0181 e. The zero-order valence-corrected chi connectivity index (χ0v) is 9.46. The molecule has 0 aromatic heterocycles. The van der Waals surface area contributed by atoms with Gasteiger partial charge in [-0.2, -0.15) is 0 Å². The first-order valence-electron chi connectivity index (χ1n) is 5.38. The maximum absolute atomic E-state index is 4.15. The highest BCUT2D eigenvalue weighted by Crippen LogP contribution is 2.23. The van der Waals surface area contributed by atoms with Crippen molar-refractivity contribution in [3.63, 3.8) is 0 Å². The summed E-state index contributed by atoms with van der Waals surface area (Å²) in [4.78, 5) is 0. The van der Waals surface area contributed by atoms with E-state index in [1.165, 1.54) is 16.3 Å². The van der Waals surface area contributed by atoms with Gasteiger partial charge in [-0.3, -0.25) is 0 Å². The molecule has 0 heteroatoms. The monoisotopic (exact) mass is 197 g/mol. The van der Waals surface area contributed by atoms with E-state index in [-0.39, 0.29) is 5.41 Å². The second kappa shape index (κ2) is 3.69. The molecule has 2 aromatic rings. The van der Waals surface area contributed by atoms with Crippen LogP contribution in [0.5, 0.6) is 0 Å². The predicted molar refractivity (Wildman–Crippen MR) is 66.8 cm³/mol. The van der Waals surface area contributed by atoms with Crippen LogP contribution in [0, 0.1) is 12.3 Å². The fraction of sp³-hybridized carbons (Fsp3) is 0.267. The van der Waals surface area contributed by atoms with Gasteiger partial charge in [0, 0.05) is 0 Å². The first-order valence-corrected chi connectivity index (χ1v) is 5.38. The van der Waals surface area contributed by atoms with Crippen molar-refractivity contribution in [2.75, 3.05) is 0 Å². The molecule has 0 aliphatic carbocycles. The molecule has 0 aliphatic rings. The largest absolute Gasteiger partial charge is 0.0616 e. The van der Waals surface area contributed by atoms with Gasteiger partial charge in [-0.1, -0.05) is 56.3 Å². The zero-order chi connectivity index (χ0) is 10.9. The molecule has 0 amide bonds. The van der Waals surface area contributed by atoms with Gasteiger partial charge in [0.05, 0.1) is 0 Å². The summed E-state index contributed by atoms with van der Waals surface area (Å²) in [5.74, 6) is 0. The predicted octanol–water partition coefficient (Wildman–Crippen LogP) is 4.24. The van der Waals surface area contributed by atoms with Gasteiger partial charge in [0.1, 0.15) is 0 Å². The number of rotatable bonds is 2. The molecule has 0 nitrogen and oxygen atoms in total. The Morgan fingerprint density at radius 1 is 1.00 bits per heavy atom. The Morgan fingerprint density at radius 2 is 1.67 bits per heavy atom. The maximum atomic E-state index is 4.15. The van der Waals surface area contributed by atoms with E-state index in [0.717, 1.165) is 6.42 Å². The van der Waals surface area contributed by atoms with E-state index in [0.29, 0.717) is 0 Å². The van der Waals surface area contributed by atoms with Crippen LogP contribution in [-0.2, 0) is 6.42 Å². The van der Waals surface area contributed by atoms with Crippen molar-refractivity contribution in [2.24, 2.45) is 5.41 Å². The molecule has 0 aliphatic heterocycles. The quantitative estimate of drug-likeness (QED) is 0.675. The van der Waals surface area contributed by atoms with Gasteiger partial charge in [0.25, 0.3) is 0 Å². The highest BCUT2D eigenvalue weighted by Gasteiger charge is 2.11. The SMILES string of the molecule is [CH2]C(C)(C)Cc1ccc2ccccc2c1. The molecule has 0 unspecified atom stereocenters. The van der Waals surface area contributed by atoms with E-state index in [2.05, 4.69) is 63.2 Å². The molecule has 77 valence electrons. The van der Waals surface area contributed by atoms with Gasteiger partial charge in [0.15, 0.2) is 0 Å². The van der Waals surface area contributed by atoms with E-state index in [9.17, 15) is 0 Å². The van der Waals surface area contributed by atoms with Gasteiger partial charge in [-0.25, -0.2) is 0 Å². The molecule has 0 spiro atoms. The second-order valence-electron chi connectivity index (χ2n) is 5.02. The lowest BCUT2D eigenvalue weighted by atomic mass is 9.87. The van der Waals surface area contributed by atoms with Crippen LogP contribution in [0.1, 0.15) is 19.4 Å². The molecule has 0 N–H and O–H groups in total. The highest BCUT2D eigenvalue weighted by molar-refractivity contribution is 5.82. The third-order valence-corrected chi connectivity index (χ3v) is 2.50. The van der Waals surface area contributed by atoms with Crippen molar-refractivity contribution in [1.29, 1.82) is 0 Å². The summed E-state index contributed by atoms with van der Waals surface area (Å²) in [5, 5.41) is 2.63. The molecular formula is C15H17. The molecule has 0 saturated carbocycles. The lowest BCUT2D eigenvalue weighted by Gasteiger charge is -2.18. The van der Waals surface area contributed by atoms with Crippen LogP contribution in [0.15, 0.2) is 42.5 Å². The van der Waals surface area contributed by atoms with Crippen molar-refractivity contribution < 1.29 is 0 Å². The Morgan fingerprint density at radius 3 is 2.33 bits per heavy atom. The summed E-state index contributed by atoms with van der Waals surface area (Å²) in [6.45, 7) is 8.48. The molecular weight excluding hydrogens is 180 g/mol. The summed E-state index contributed by atoms with van der Waals surface area (Å²) in [7, 11) is 0. The van der Waals surface area contributed by atoms with Crippen LogP contribution in [0.3, 0.4) is 0 Å². The Kier molecular flexibility index (Phi) is 2.52. The third-order valence-electron chi connectivity index (χ3n) is 2.50. The number of benzene rings is 2. The average molecular weight is 197 g/mol. The van der Waals surface area contributed by atoms with E-state index < -0.39 is 0 Å². The number of hydrogen-bond acceptors (Lipinski definition) is 0. The molecule has 1 radical (unpaired) electrons. The zero-order valence-electron chi connectivity index (χ0n) is 9.46. The molecule has 0 atom stereocenters. The highest BCUT2D eigenvalue weighted by atomic mass is 14.2. The number of fused-ring (bicyclic) bond motifs is 1.